The number of urea groups is 1. The summed E-state index contributed by atoms with van der Waals surface area (Å²) in [6.45, 7) is 2.36. The molecule has 3 heterocycles. The van der Waals surface area contributed by atoms with Gasteiger partial charge in [-0.3, -0.25) is 9.69 Å². The number of imide groups is 1. The van der Waals surface area contributed by atoms with Crippen LogP contribution in [0, 0.1) is 0 Å². The molecule has 4 rings (SSSR count). The predicted octanol–water partition coefficient (Wildman–Crippen LogP) is 1.75. The molecule has 0 aliphatic carbocycles. The maximum atomic E-state index is 13.1. The normalized spacial score (nSPS) is 22.0. The molecule has 1 spiro atoms. The Morgan fingerprint density at radius 2 is 2.16 bits per heavy atom. The van der Waals surface area contributed by atoms with Crippen LogP contribution in [0.4, 0.5) is 4.79 Å². The lowest BCUT2D eigenvalue weighted by molar-refractivity contribution is -0.133. The van der Waals surface area contributed by atoms with Gasteiger partial charge in [0, 0.05) is 18.4 Å². The van der Waals surface area contributed by atoms with Gasteiger partial charge < -0.3 is 14.6 Å². The van der Waals surface area contributed by atoms with Crippen LogP contribution in [0.2, 0.25) is 0 Å². The third-order valence-corrected chi connectivity index (χ3v) is 4.53. The van der Waals surface area contributed by atoms with Gasteiger partial charge in [-0.15, -0.1) is 0 Å². The summed E-state index contributed by atoms with van der Waals surface area (Å²) in [7, 11) is 0. The number of aromatic nitrogens is 2. The minimum atomic E-state index is -1.08. The van der Waals surface area contributed by atoms with E-state index in [1.54, 1.807) is 6.07 Å². The zero-order valence-corrected chi connectivity index (χ0v) is 13.8. The fourth-order valence-corrected chi connectivity index (χ4v) is 3.33. The Morgan fingerprint density at radius 1 is 1.32 bits per heavy atom. The van der Waals surface area contributed by atoms with Crippen molar-refractivity contribution in [2.45, 2.75) is 38.3 Å². The minimum Gasteiger partial charge on any atom is -0.493 e. The third-order valence-electron chi connectivity index (χ3n) is 4.53. The summed E-state index contributed by atoms with van der Waals surface area (Å²) in [5.41, 5.74) is -0.399. The average Bonchev–Trinajstić information content (AvgIpc) is 3.15. The number of ether oxygens (including phenoxy) is 1. The van der Waals surface area contributed by atoms with Crippen molar-refractivity contribution in [1.82, 2.24) is 20.4 Å². The number of carbonyl (C=O) groups is 2. The molecule has 8 nitrogen and oxygen atoms in total. The Balaban J connectivity index is 1.62. The van der Waals surface area contributed by atoms with E-state index in [1.807, 2.05) is 25.1 Å². The first-order valence-electron chi connectivity index (χ1n) is 8.32. The second-order valence-electron chi connectivity index (χ2n) is 6.18. The van der Waals surface area contributed by atoms with Crippen molar-refractivity contribution >= 4 is 11.9 Å². The van der Waals surface area contributed by atoms with Gasteiger partial charge in [-0.05, 0) is 12.5 Å². The molecule has 25 heavy (non-hydrogen) atoms. The number of carbonyl (C=O) groups excluding carboxylic acids is 2. The molecular formula is C17H18N4O4. The van der Waals surface area contributed by atoms with E-state index in [4.69, 9.17) is 9.26 Å². The molecule has 1 atom stereocenters. The van der Waals surface area contributed by atoms with Crippen molar-refractivity contribution in [3.63, 3.8) is 0 Å². The quantitative estimate of drug-likeness (QED) is 0.850. The van der Waals surface area contributed by atoms with Crippen molar-refractivity contribution in [3.05, 3.63) is 41.5 Å². The summed E-state index contributed by atoms with van der Waals surface area (Å²) in [6, 6.07) is 6.82. The lowest BCUT2D eigenvalue weighted by Crippen LogP contribution is -2.47. The van der Waals surface area contributed by atoms with E-state index in [1.165, 1.54) is 0 Å². The monoisotopic (exact) mass is 342 g/mol. The summed E-state index contributed by atoms with van der Waals surface area (Å²) in [6.07, 6.45) is 1.94. The molecule has 0 radical (unpaired) electrons. The van der Waals surface area contributed by atoms with Crippen LogP contribution in [0.25, 0.3) is 0 Å². The maximum Gasteiger partial charge on any atom is 0.325 e. The van der Waals surface area contributed by atoms with Crippen LogP contribution in [0.3, 0.4) is 0 Å². The van der Waals surface area contributed by atoms with Crippen molar-refractivity contribution in [2.24, 2.45) is 0 Å². The van der Waals surface area contributed by atoms with Crippen LogP contribution >= 0.6 is 0 Å². The van der Waals surface area contributed by atoms with Crippen LogP contribution in [-0.4, -0.2) is 33.6 Å². The average molecular weight is 342 g/mol. The number of benzene rings is 1. The Morgan fingerprint density at radius 3 is 3.00 bits per heavy atom. The Kier molecular flexibility index (Phi) is 3.67. The topological polar surface area (TPSA) is 97.6 Å². The smallest absolute Gasteiger partial charge is 0.325 e. The number of aryl methyl sites for hydroxylation is 1. The number of fused-ring (bicyclic) bond motifs is 2. The van der Waals surface area contributed by atoms with Crippen LogP contribution in [0.15, 0.2) is 28.8 Å². The second-order valence-corrected chi connectivity index (χ2v) is 6.18. The highest BCUT2D eigenvalue weighted by Gasteiger charge is 2.55. The van der Waals surface area contributed by atoms with Crippen LogP contribution in [0.5, 0.6) is 5.75 Å². The summed E-state index contributed by atoms with van der Waals surface area (Å²) in [5.74, 6) is 1.14. The highest BCUT2D eigenvalue weighted by Crippen LogP contribution is 2.41. The summed E-state index contributed by atoms with van der Waals surface area (Å²) >= 11 is 0. The van der Waals surface area contributed by atoms with Crippen LogP contribution in [-0.2, 0) is 23.3 Å². The van der Waals surface area contributed by atoms with Gasteiger partial charge in [-0.25, -0.2) is 4.79 Å². The minimum absolute atomic E-state index is 0.0113. The zero-order valence-electron chi connectivity index (χ0n) is 13.8. The van der Waals surface area contributed by atoms with Gasteiger partial charge in [0.15, 0.2) is 11.4 Å². The van der Waals surface area contributed by atoms with Crippen LogP contribution in [0.1, 0.15) is 37.0 Å². The fraction of sp³-hybridized carbons (Fsp3) is 0.412. The van der Waals surface area contributed by atoms with Crippen molar-refractivity contribution in [1.29, 1.82) is 0 Å². The molecule has 8 heteroatoms. The standard InChI is InChI=1S/C17H18N4O4/c1-2-5-14-18-13(20-25-14)10-21-15(22)17(19-16(21)23)8-9-24-12-7-4-3-6-11(12)17/h3-4,6-7H,2,5,8-10H2,1H3,(H,19,23)/t17-/m1/s1. The number of nitrogens with one attached hydrogen (secondary N) is 1. The maximum absolute atomic E-state index is 13.1. The van der Waals surface area contributed by atoms with E-state index in [2.05, 4.69) is 15.5 Å². The summed E-state index contributed by atoms with van der Waals surface area (Å²) < 4.78 is 10.7. The lowest BCUT2D eigenvalue weighted by Gasteiger charge is -2.33. The zero-order chi connectivity index (χ0) is 17.4. The number of hydrogen-bond donors (Lipinski definition) is 1. The highest BCUT2D eigenvalue weighted by molar-refractivity contribution is 6.07. The first-order valence-corrected chi connectivity index (χ1v) is 8.32. The van der Waals surface area contributed by atoms with E-state index < -0.39 is 11.6 Å². The van der Waals surface area contributed by atoms with E-state index in [9.17, 15) is 9.59 Å². The van der Waals surface area contributed by atoms with E-state index in [-0.39, 0.29) is 12.5 Å². The molecule has 3 amide bonds. The van der Waals surface area contributed by atoms with E-state index in [0.29, 0.717) is 42.5 Å². The number of rotatable bonds is 4. The Labute approximate surface area is 144 Å². The van der Waals surface area contributed by atoms with Crippen molar-refractivity contribution < 1.29 is 18.8 Å². The third kappa shape index (κ3) is 2.45. The van der Waals surface area contributed by atoms with Gasteiger partial charge in [-0.2, -0.15) is 4.98 Å². The first-order chi connectivity index (χ1) is 12.1. The van der Waals surface area contributed by atoms with Gasteiger partial charge in [0.1, 0.15) is 5.75 Å². The number of amides is 3. The Bertz CT molecular complexity index is 834. The predicted molar refractivity (Wildman–Crippen MR) is 85.6 cm³/mol. The molecule has 1 aromatic carbocycles. The second kappa shape index (κ2) is 5.87. The van der Waals surface area contributed by atoms with E-state index in [0.717, 1.165) is 11.3 Å². The molecule has 130 valence electrons. The van der Waals surface area contributed by atoms with E-state index >= 15 is 0 Å². The Hall–Kier alpha value is -2.90. The van der Waals surface area contributed by atoms with Gasteiger partial charge in [-0.1, -0.05) is 30.3 Å². The molecule has 1 aromatic heterocycles. The molecule has 2 aliphatic heterocycles. The molecule has 0 saturated carbocycles. The SMILES string of the molecule is CCCc1nc(CN2C(=O)N[C@@]3(CCOc4ccccc43)C2=O)no1. The van der Waals surface area contributed by atoms with Crippen molar-refractivity contribution in [3.8, 4) is 5.75 Å². The van der Waals surface area contributed by atoms with Crippen LogP contribution < -0.4 is 10.1 Å². The number of hydrogen-bond acceptors (Lipinski definition) is 6. The largest absolute Gasteiger partial charge is 0.493 e. The first kappa shape index (κ1) is 15.6. The van der Waals surface area contributed by atoms with Gasteiger partial charge in [0.05, 0.1) is 13.2 Å². The van der Waals surface area contributed by atoms with Gasteiger partial charge >= 0.3 is 6.03 Å². The number of para-hydroxylation sites is 1. The molecule has 1 N–H and O–H groups in total. The number of nitrogens with zero attached hydrogens (tertiary/aromatic N) is 3. The molecule has 0 unspecified atom stereocenters. The lowest BCUT2D eigenvalue weighted by atomic mass is 9.84. The highest BCUT2D eigenvalue weighted by atomic mass is 16.5. The molecule has 0 bridgehead atoms. The fourth-order valence-electron chi connectivity index (χ4n) is 3.33. The molecule has 2 aliphatic rings. The van der Waals surface area contributed by atoms with Crippen molar-refractivity contribution in [2.75, 3.05) is 6.61 Å². The van der Waals surface area contributed by atoms with Gasteiger partial charge in [0.2, 0.25) is 5.89 Å². The van der Waals surface area contributed by atoms with Gasteiger partial charge in [0.25, 0.3) is 5.91 Å². The molecular weight excluding hydrogens is 324 g/mol. The molecule has 2 aromatic rings. The molecule has 1 saturated heterocycles. The summed E-state index contributed by atoms with van der Waals surface area (Å²) in [5, 5.41) is 6.71. The summed E-state index contributed by atoms with van der Waals surface area (Å²) in [4.78, 5) is 30.9. The molecule has 1 fully saturated rings.